The summed E-state index contributed by atoms with van der Waals surface area (Å²) >= 11 is 3.38. The van der Waals surface area contributed by atoms with E-state index in [1.165, 1.54) is 14.0 Å². The second-order valence-corrected chi connectivity index (χ2v) is 4.86. The summed E-state index contributed by atoms with van der Waals surface area (Å²) in [6, 6.07) is 12.7. The van der Waals surface area contributed by atoms with Gasteiger partial charge in [0.2, 0.25) is 0 Å². The molecule has 0 unspecified atom stereocenters. The molecule has 0 aliphatic rings. The van der Waals surface area contributed by atoms with Crippen LogP contribution in [-0.2, 0) is 0 Å². The Hall–Kier alpha value is -1.81. The molecule has 0 fully saturated rings. The standard InChI is InChI=1S/C15H13BrO3/c1-10(17)15-13(18-2)7-4-8-14(15)19-12-6-3-5-11(16)9-12/h3-9H,1-2H3. The van der Waals surface area contributed by atoms with Crippen molar-refractivity contribution in [1.29, 1.82) is 0 Å². The Balaban J connectivity index is 2.42. The van der Waals surface area contributed by atoms with E-state index in [9.17, 15) is 4.79 Å². The average molecular weight is 321 g/mol. The molecule has 4 heteroatoms. The van der Waals surface area contributed by atoms with Crippen LogP contribution in [0.4, 0.5) is 0 Å². The van der Waals surface area contributed by atoms with E-state index in [2.05, 4.69) is 15.9 Å². The van der Waals surface area contributed by atoms with Crippen molar-refractivity contribution < 1.29 is 14.3 Å². The minimum atomic E-state index is -0.0950. The van der Waals surface area contributed by atoms with Crippen LogP contribution in [-0.4, -0.2) is 12.9 Å². The van der Waals surface area contributed by atoms with Crippen LogP contribution in [0, 0.1) is 0 Å². The van der Waals surface area contributed by atoms with Crippen molar-refractivity contribution in [3.8, 4) is 17.2 Å². The van der Waals surface area contributed by atoms with Crippen LogP contribution in [0.15, 0.2) is 46.9 Å². The van der Waals surface area contributed by atoms with Crippen LogP contribution in [0.1, 0.15) is 17.3 Å². The summed E-state index contributed by atoms with van der Waals surface area (Å²) in [4.78, 5) is 11.7. The molecule has 0 atom stereocenters. The number of ether oxygens (including phenoxy) is 2. The third-order valence-electron chi connectivity index (χ3n) is 2.58. The number of methoxy groups -OCH3 is 1. The topological polar surface area (TPSA) is 35.5 Å². The maximum absolute atomic E-state index is 11.7. The molecule has 0 saturated heterocycles. The molecule has 2 aromatic carbocycles. The smallest absolute Gasteiger partial charge is 0.167 e. The minimum Gasteiger partial charge on any atom is -0.496 e. The molecule has 2 rings (SSSR count). The summed E-state index contributed by atoms with van der Waals surface area (Å²) in [6.07, 6.45) is 0. The number of halogens is 1. The maximum atomic E-state index is 11.7. The van der Waals surface area contributed by atoms with Crippen molar-refractivity contribution in [3.63, 3.8) is 0 Å². The van der Waals surface area contributed by atoms with Gasteiger partial charge in [-0.2, -0.15) is 0 Å². The molecule has 0 saturated carbocycles. The fourth-order valence-electron chi connectivity index (χ4n) is 1.77. The first kappa shape index (κ1) is 13.6. The van der Waals surface area contributed by atoms with Crippen molar-refractivity contribution in [2.45, 2.75) is 6.92 Å². The Kier molecular flexibility index (Phi) is 4.22. The van der Waals surface area contributed by atoms with Crippen molar-refractivity contribution in [2.75, 3.05) is 7.11 Å². The third-order valence-corrected chi connectivity index (χ3v) is 3.08. The Morgan fingerprint density at radius 2 is 1.79 bits per heavy atom. The number of benzene rings is 2. The number of rotatable bonds is 4. The van der Waals surface area contributed by atoms with Gasteiger partial charge < -0.3 is 9.47 Å². The van der Waals surface area contributed by atoms with Gasteiger partial charge in [0.05, 0.1) is 7.11 Å². The minimum absolute atomic E-state index is 0.0950. The van der Waals surface area contributed by atoms with Gasteiger partial charge in [-0.1, -0.05) is 28.1 Å². The quantitative estimate of drug-likeness (QED) is 0.780. The lowest BCUT2D eigenvalue weighted by Gasteiger charge is -2.12. The predicted octanol–water partition coefficient (Wildman–Crippen LogP) is 4.45. The number of carbonyl (C=O) groups excluding carboxylic acids is 1. The number of Topliss-reactive ketones (excluding diaryl/α,β-unsaturated/α-hetero) is 1. The molecular weight excluding hydrogens is 308 g/mol. The molecular formula is C15H13BrO3. The molecule has 98 valence electrons. The summed E-state index contributed by atoms with van der Waals surface area (Å²) in [5, 5.41) is 0. The molecule has 0 spiro atoms. The van der Waals surface area contributed by atoms with Crippen molar-refractivity contribution in [1.82, 2.24) is 0 Å². The van der Waals surface area contributed by atoms with Gasteiger partial charge in [0.1, 0.15) is 22.8 Å². The SMILES string of the molecule is COc1cccc(Oc2cccc(Br)c2)c1C(C)=O. The second kappa shape index (κ2) is 5.89. The zero-order valence-corrected chi connectivity index (χ0v) is 12.2. The summed E-state index contributed by atoms with van der Waals surface area (Å²) < 4.78 is 11.9. The molecule has 19 heavy (non-hydrogen) atoms. The second-order valence-electron chi connectivity index (χ2n) is 3.95. The molecule has 3 nitrogen and oxygen atoms in total. The average Bonchev–Trinajstić information content (AvgIpc) is 2.38. The number of hydrogen-bond acceptors (Lipinski definition) is 3. The van der Waals surface area contributed by atoms with Gasteiger partial charge in [0, 0.05) is 4.47 Å². The molecule has 0 aromatic heterocycles. The zero-order valence-electron chi connectivity index (χ0n) is 10.6. The molecule has 0 amide bonds. The fourth-order valence-corrected chi connectivity index (χ4v) is 2.15. The summed E-state index contributed by atoms with van der Waals surface area (Å²) in [7, 11) is 1.53. The van der Waals surface area contributed by atoms with Crippen LogP contribution in [0.2, 0.25) is 0 Å². The Morgan fingerprint density at radius 1 is 1.11 bits per heavy atom. The van der Waals surface area contributed by atoms with E-state index in [1.54, 1.807) is 18.2 Å². The molecule has 0 radical (unpaired) electrons. The first-order valence-corrected chi connectivity index (χ1v) is 6.52. The zero-order chi connectivity index (χ0) is 13.8. The van der Waals surface area contributed by atoms with E-state index < -0.39 is 0 Å². The van der Waals surface area contributed by atoms with E-state index in [0.29, 0.717) is 22.8 Å². The predicted molar refractivity (Wildman–Crippen MR) is 77.2 cm³/mol. The van der Waals surface area contributed by atoms with E-state index in [1.807, 2.05) is 24.3 Å². The summed E-state index contributed by atoms with van der Waals surface area (Å²) in [6.45, 7) is 1.49. The highest BCUT2D eigenvalue weighted by Gasteiger charge is 2.15. The fraction of sp³-hybridized carbons (Fsp3) is 0.133. The number of hydrogen-bond donors (Lipinski definition) is 0. The lowest BCUT2D eigenvalue weighted by Crippen LogP contribution is -2.00. The van der Waals surface area contributed by atoms with Gasteiger partial charge in [-0.3, -0.25) is 4.79 Å². The van der Waals surface area contributed by atoms with Crippen LogP contribution < -0.4 is 9.47 Å². The molecule has 0 heterocycles. The highest BCUT2D eigenvalue weighted by molar-refractivity contribution is 9.10. The maximum Gasteiger partial charge on any atom is 0.167 e. The molecule has 0 aliphatic carbocycles. The molecule has 0 N–H and O–H groups in total. The van der Waals surface area contributed by atoms with E-state index in [4.69, 9.17) is 9.47 Å². The van der Waals surface area contributed by atoms with Crippen LogP contribution in [0.25, 0.3) is 0 Å². The van der Waals surface area contributed by atoms with E-state index >= 15 is 0 Å². The lowest BCUT2D eigenvalue weighted by atomic mass is 10.1. The lowest BCUT2D eigenvalue weighted by molar-refractivity contribution is 0.101. The summed E-state index contributed by atoms with van der Waals surface area (Å²) in [5.41, 5.74) is 0.449. The van der Waals surface area contributed by atoms with Crippen molar-refractivity contribution >= 4 is 21.7 Å². The van der Waals surface area contributed by atoms with Crippen molar-refractivity contribution in [3.05, 3.63) is 52.5 Å². The van der Waals surface area contributed by atoms with Crippen LogP contribution in [0.5, 0.6) is 17.2 Å². The first-order chi connectivity index (χ1) is 9.11. The summed E-state index contributed by atoms with van der Waals surface area (Å²) in [5.74, 6) is 1.57. The molecule has 0 aliphatic heterocycles. The number of carbonyl (C=O) groups is 1. The van der Waals surface area contributed by atoms with Gasteiger partial charge >= 0.3 is 0 Å². The highest BCUT2D eigenvalue weighted by Crippen LogP contribution is 2.33. The number of ketones is 1. The Morgan fingerprint density at radius 3 is 2.42 bits per heavy atom. The van der Waals surface area contributed by atoms with Gasteiger partial charge in [0.25, 0.3) is 0 Å². The first-order valence-electron chi connectivity index (χ1n) is 5.73. The molecule has 2 aromatic rings. The Labute approximate surface area is 120 Å². The normalized spacial score (nSPS) is 10.1. The van der Waals surface area contributed by atoms with Gasteiger partial charge in [0.15, 0.2) is 5.78 Å². The largest absolute Gasteiger partial charge is 0.496 e. The Bertz CT molecular complexity index is 608. The van der Waals surface area contributed by atoms with Crippen LogP contribution in [0.3, 0.4) is 0 Å². The monoisotopic (exact) mass is 320 g/mol. The highest BCUT2D eigenvalue weighted by atomic mass is 79.9. The van der Waals surface area contributed by atoms with Gasteiger partial charge in [-0.25, -0.2) is 0 Å². The van der Waals surface area contributed by atoms with Gasteiger partial charge in [-0.15, -0.1) is 0 Å². The van der Waals surface area contributed by atoms with E-state index in [0.717, 1.165) is 4.47 Å². The van der Waals surface area contributed by atoms with Gasteiger partial charge in [-0.05, 0) is 37.3 Å². The third kappa shape index (κ3) is 3.15. The van der Waals surface area contributed by atoms with Crippen LogP contribution >= 0.6 is 15.9 Å². The van der Waals surface area contributed by atoms with Crippen molar-refractivity contribution in [2.24, 2.45) is 0 Å². The van der Waals surface area contributed by atoms with E-state index in [-0.39, 0.29) is 5.78 Å². The molecule has 0 bridgehead atoms.